The molecule has 5 nitrogen and oxygen atoms in total. The van der Waals surface area contributed by atoms with E-state index < -0.39 is 0 Å². The Morgan fingerprint density at radius 1 is 1.03 bits per heavy atom. The molecule has 178 valence electrons. The van der Waals surface area contributed by atoms with E-state index >= 15 is 0 Å². The van der Waals surface area contributed by atoms with Crippen molar-refractivity contribution in [2.75, 3.05) is 16.8 Å². The SMILES string of the molecule is Cc1ccc(N2C(=O)/C(=C/c3ccc(OCC(=O)Nc4ccc(C)c(Cl)c4)cc3)SC2=S)cc1C. The number of nitrogens with zero attached hydrogens (tertiary/aromatic N) is 1. The van der Waals surface area contributed by atoms with E-state index in [9.17, 15) is 9.59 Å². The van der Waals surface area contributed by atoms with Gasteiger partial charge in [0, 0.05) is 10.7 Å². The van der Waals surface area contributed by atoms with Crippen LogP contribution >= 0.6 is 35.6 Å². The van der Waals surface area contributed by atoms with Gasteiger partial charge in [-0.1, -0.05) is 59.8 Å². The van der Waals surface area contributed by atoms with Gasteiger partial charge in [-0.2, -0.15) is 0 Å². The highest BCUT2D eigenvalue weighted by molar-refractivity contribution is 8.27. The lowest BCUT2D eigenvalue weighted by Crippen LogP contribution is -2.27. The van der Waals surface area contributed by atoms with Gasteiger partial charge in [-0.3, -0.25) is 14.5 Å². The van der Waals surface area contributed by atoms with Gasteiger partial charge in [0.1, 0.15) is 5.75 Å². The molecule has 0 bridgehead atoms. The van der Waals surface area contributed by atoms with Gasteiger partial charge in [-0.05, 0) is 85.5 Å². The number of hydrogen-bond donors (Lipinski definition) is 1. The predicted octanol–water partition coefficient (Wildman–Crippen LogP) is 6.69. The third kappa shape index (κ3) is 5.93. The zero-order valence-corrected chi connectivity index (χ0v) is 21.8. The molecule has 4 rings (SSSR count). The van der Waals surface area contributed by atoms with Crippen LogP contribution in [-0.4, -0.2) is 22.7 Å². The maximum Gasteiger partial charge on any atom is 0.270 e. The van der Waals surface area contributed by atoms with Crippen LogP contribution in [0.15, 0.2) is 65.6 Å². The Morgan fingerprint density at radius 3 is 2.43 bits per heavy atom. The largest absolute Gasteiger partial charge is 0.484 e. The van der Waals surface area contributed by atoms with Crippen LogP contribution in [0.5, 0.6) is 5.75 Å². The highest BCUT2D eigenvalue weighted by Crippen LogP contribution is 2.36. The molecular weight excluding hydrogens is 500 g/mol. The molecule has 0 spiro atoms. The summed E-state index contributed by atoms with van der Waals surface area (Å²) in [5.41, 5.74) is 5.42. The molecule has 0 saturated carbocycles. The summed E-state index contributed by atoms with van der Waals surface area (Å²) in [6, 6.07) is 18.4. The van der Waals surface area contributed by atoms with Crippen LogP contribution in [0.3, 0.4) is 0 Å². The number of thiocarbonyl (C=S) groups is 1. The summed E-state index contributed by atoms with van der Waals surface area (Å²) in [6.07, 6.45) is 1.80. The summed E-state index contributed by atoms with van der Waals surface area (Å²) in [5, 5.41) is 3.35. The molecule has 0 unspecified atom stereocenters. The van der Waals surface area contributed by atoms with E-state index in [1.165, 1.54) is 11.8 Å². The van der Waals surface area contributed by atoms with Gasteiger partial charge in [0.2, 0.25) is 0 Å². The molecule has 3 aromatic rings. The molecule has 0 atom stereocenters. The first-order valence-corrected chi connectivity index (χ1v) is 12.5. The summed E-state index contributed by atoms with van der Waals surface area (Å²) in [4.78, 5) is 27.3. The van der Waals surface area contributed by atoms with Crippen molar-refractivity contribution < 1.29 is 14.3 Å². The minimum absolute atomic E-state index is 0.139. The number of anilines is 2. The minimum Gasteiger partial charge on any atom is -0.484 e. The monoisotopic (exact) mass is 522 g/mol. The van der Waals surface area contributed by atoms with Gasteiger partial charge in [0.15, 0.2) is 10.9 Å². The molecule has 1 saturated heterocycles. The Hall–Kier alpha value is -3.13. The highest BCUT2D eigenvalue weighted by Gasteiger charge is 2.33. The lowest BCUT2D eigenvalue weighted by atomic mass is 10.1. The summed E-state index contributed by atoms with van der Waals surface area (Å²) in [5.74, 6) is 0.113. The molecule has 35 heavy (non-hydrogen) atoms. The molecule has 0 radical (unpaired) electrons. The first-order valence-electron chi connectivity index (χ1n) is 10.9. The number of aryl methyl sites for hydroxylation is 3. The van der Waals surface area contributed by atoms with E-state index in [4.69, 9.17) is 28.6 Å². The third-order valence-corrected chi connectivity index (χ3v) is 7.26. The van der Waals surface area contributed by atoms with Crippen LogP contribution in [0, 0.1) is 20.8 Å². The van der Waals surface area contributed by atoms with E-state index in [2.05, 4.69) is 5.32 Å². The Labute approximate surface area is 219 Å². The Bertz CT molecular complexity index is 1350. The van der Waals surface area contributed by atoms with Gasteiger partial charge in [0.05, 0.1) is 10.6 Å². The fourth-order valence-electron chi connectivity index (χ4n) is 3.38. The van der Waals surface area contributed by atoms with E-state index in [1.54, 1.807) is 35.2 Å². The lowest BCUT2D eigenvalue weighted by molar-refractivity contribution is -0.118. The first-order chi connectivity index (χ1) is 16.7. The van der Waals surface area contributed by atoms with Crippen LogP contribution in [0.2, 0.25) is 5.02 Å². The number of ether oxygens (including phenoxy) is 1. The van der Waals surface area contributed by atoms with Crippen molar-refractivity contribution in [1.82, 2.24) is 0 Å². The molecule has 2 amide bonds. The van der Waals surface area contributed by atoms with E-state index in [1.807, 2.05) is 57.2 Å². The van der Waals surface area contributed by atoms with Crippen LogP contribution in [0.4, 0.5) is 11.4 Å². The number of nitrogens with one attached hydrogen (secondary N) is 1. The molecule has 8 heteroatoms. The van der Waals surface area contributed by atoms with Gasteiger partial charge >= 0.3 is 0 Å². The minimum atomic E-state index is -0.288. The van der Waals surface area contributed by atoms with E-state index in [-0.39, 0.29) is 18.4 Å². The number of halogens is 1. The number of benzene rings is 3. The number of amides is 2. The topological polar surface area (TPSA) is 58.6 Å². The van der Waals surface area contributed by atoms with Crippen molar-refractivity contribution in [1.29, 1.82) is 0 Å². The number of rotatable bonds is 6. The van der Waals surface area contributed by atoms with Crippen molar-refractivity contribution >= 4 is 69.2 Å². The molecule has 0 aliphatic carbocycles. The second-order valence-electron chi connectivity index (χ2n) is 8.16. The zero-order valence-electron chi connectivity index (χ0n) is 19.4. The van der Waals surface area contributed by atoms with Crippen molar-refractivity contribution in [2.45, 2.75) is 20.8 Å². The second-order valence-corrected chi connectivity index (χ2v) is 10.2. The van der Waals surface area contributed by atoms with Gasteiger partial charge in [0.25, 0.3) is 11.8 Å². The number of thioether (sulfide) groups is 1. The predicted molar refractivity (Wildman–Crippen MR) is 148 cm³/mol. The number of carbonyl (C=O) groups is 2. The zero-order chi connectivity index (χ0) is 25.1. The Balaban J connectivity index is 1.37. The van der Waals surface area contributed by atoms with Crippen LogP contribution in [-0.2, 0) is 9.59 Å². The fourth-order valence-corrected chi connectivity index (χ4v) is 4.86. The molecule has 1 heterocycles. The Kier molecular flexibility index (Phi) is 7.60. The summed E-state index contributed by atoms with van der Waals surface area (Å²) in [7, 11) is 0. The smallest absolute Gasteiger partial charge is 0.270 e. The van der Waals surface area contributed by atoms with E-state index in [0.717, 1.165) is 27.9 Å². The average Bonchev–Trinajstić information content (AvgIpc) is 3.10. The van der Waals surface area contributed by atoms with Crippen molar-refractivity contribution in [2.24, 2.45) is 0 Å². The normalized spacial score (nSPS) is 14.5. The Morgan fingerprint density at radius 2 is 1.74 bits per heavy atom. The van der Waals surface area contributed by atoms with Crippen molar-refractivity contribution in [3.63, 3.8) is 0 Å². The molecule has 1 fully saturated rings. The van der Waals surface area contributed by atoms with Gasteiger partial charge < -0.3 is 10.1 Å². The maximum atomic E-state index is 13.0. The maximum absolute atomic E-state index is 13.0. The van der Waals surface area contributed by atoms with Crippen molar-refractivity contribution in [3.05, 3.63) is 92.8 Å². The van der Waals surface area contributed by atoms with Gasteiger partial charge in [-0.15, -0.1) is 0 Å². The molecule has 1 N–H and O–H groups in total. The molecule has 1 aliphatic heterocycles. The molecule has 1 aliphatic rings. The highest BCUT2D eigenvalue weighted by atomic mass is 35.5. The summed E-state index contributed by atoms with van der Waals surface area (Å²) >= 11 is 12.8. The quantitative estimate of drug-likeness (QED) is 0.289. The lowest BCUT2D eigenvalue weighted by Gasteiger charge is -2.15. The van der Waals surface area contributed by atoms with Crippen molar-refractivity contribution in [3.8, 4) is 5.75 Å². The van der Waals surface area contributed by atoms with Crippen LogP contribution in [0.25, 0.3) is 6.08 Å². The number of carbonyl (C=O) groups excluding carboxylic acids is 2. The standard InChI is InChI=1S/C27H23ClN2O3S2/c1-16-5-9-21(12-18(16)3)30-26(32)24(35-27(30)34)13-19-6-10-22(11-7-19)33-15-25(31)29-20-8-4-17(2)23(28)14-20/h4-14H,15H2,1-3H3,(H,29,31)/b24-13-. The molecule has 0 aromatic heterocycles. The molecular formula is C27H23ClN2O3S2. The summed E-state index contributed by atoms with van der Waals surface area (Å²) in [6.45, 7) is 5.80. The summed E-state index contributed by atoms with van der Waals surface area (Å²) < 4.78 is 6.09. The first kappa shape index (κ1) is 25.0. The van der Waals surface area contributed by atoms with Crippen LogP contribution in [0.1, 0.15) is 22.3 Å². The fraction of sp³-hybridized carbons (Fsp3) is 0.148. The third-order valence-electron chi connectivity index (χ3n) is 5.55. The second kappa shape index (κ2) is 10.6. The van der Waals surface area contributed by atoms with Crippen LogP contribution < -0.4 is 15.0 Å². The van der Waals surface area contributed by atoms with E-state index in [0.29, 0.717) is 25.7 Å². The average molecular weight is 523 g/mol. The van der Waals surface area contributed by atoms with Gasteiger partial charge in [-0.25, -0.2) is 0 Å². The number of hydrogen-bond acceptors (Lipinski definition) is 5. The molecule has 3 aromatic carbocycles.